The van der Waals surface area contributed by atoms with Crippen LogP contribution in [-0.4, -0.2) is 10.1 Å². The van der Waals surface area contributed by atoms with Crippen LogP contribution in [0.1, 0.15) is 5.69 Å². The molecule has 0 aromatic carbocycles. The second-order valence-corrected chi connectivity index (χ2v) is 1.92. The molecule has 4 heteroatoms. The summed E-state index contributed by atoms with van der Waals surface area (Å²) in [4.78, 5) is 3.08. The van der Waals surface area contributed by atoms with Crippen LogP contribution in [0.3, 0.4) is 0 Å². The van der Waals surface area contributed by atoms with Gasteiger partial charge in [-0.05, 0) is 12.1 Å². The molecule has 0 bridgehead atoms. The van der Waals surface area contributed by atoms with Crippen molar-refractivity contribution in [2.24, 2.45) is 0 Å². The fourth-order valence-electron chi connectivity index (χ4n) is 0.578. The monoisotopic (exact) mass is 157 g/mol. The van der Waals surface area contributed by atoms with E-state index in [1.165, 1.54) is 0 Å². The van der Waals surface area contributed by atoms with Crippen LogP contribution in [0.5, 0.6) is 0 Å². The van der Waals surface area contributed by atoms with Gasteiger partial charge in [-0.15, -0.1) is 0 Å². The van der Waals surface area contributed by atoms with Gasteiger partial charge in [0.05, 0.1) is 0 Å². The SMILES string of the molecule is C=C(O)c1ccc(F)c(F)n1. The molecular formula is C7H5F2NO. The molecule has 0 radical (unpaired) electrons. The van der Waals surface area contributed by atoms with Crippen LogP contribution in [0, 0.1) is 11.8 Å². The topological polar surface area (TPSA) is 33.1 Å². The average Bonchev–Trinajstić information content (AvgIpc) is 1.94. The van der Waals surface area contributed by atoms with Gasteiger partial charge in [-0.1, -0.05) is 6.58 Å². The quantitative estimate of drug-likeness (QED) is 0.498. The lowest BCUT2D eigenvalue weighted by molar-refractivity contribution is 0.468. The molecule has 1 aromatic heterocycles. The Balaban J connectivity index is 3.15. The van der Waals surface area contributed by atoms with Gasteiger partial charge in [0, 0.05) is 0 Å². The number of pyridine rings is 1. The van der Waals surface area contributed by atoms with E-state index in [-0.39, 0.29) is 11.5 Å². The van der Waals surface area contributed by atoms with Crippen molar-refractivity contribution in [2.75, 3.05) is 0 Å². The molecule has 0 unspecified atom stereocenters. The second kappa shape index (κ2) is 2.65. The van der Waals surface area contributed by atoms with Crippen LogP contribution in [0.4, 0.5) is 8.78 Å². The molecule has 11 heavy (non-hydrogen) atoms. The van der Waals surface area contributed by atoms with Crippen LogP contribution < -0.4 is 0 Å². The average molecular weight is 157 g/mol. The van der Waals surface area contributed by atoms with Gasteiger partial charge in [0.25, 0.3) is 0 Å². The number of rotatable bonds is 1. The molecular weight excluding hydrogens is 152 g/mol. The summed E-state index contributed by atoms with van der Waals surface area (Å²) in [6.45, 7) is 3.10. The van der Waals surface area contributed by atoms with E-state index in [0.717, 1.165) is 12.1 Å². The highest BCUT2D eigenvalue weighted by Crippen LogP contribution is 2.08. The van der Waals surface area contributed by atoms with Gasteiger partial charge < -0.3 is 5.11 Å². The van der Waals surface area contributed by atoms with Crippen LogP contribution >= 0.6 is 0 Å². The highest BCUT2D eigenvalue weighted by Gasteiger charge is 2.04. The fraction of sp³-hybridized carbons (Fsp3) is 0. The molecule has 2 nitrogen and oxygen atoms in total. The fourth-order valence-corrected chi connectivity index (χ4v) is 0.578. The Hall–Kier alpha value is -1.45. The van der Waals surface area contributed by atoms with Crippen molar-refractivity contribution in [3.05, 3.63) is 36.2 Å². The zero-order valence-electron chi connectivity index (χ0n) is 5.51. The number of aliphatic hydroxyl groups is 1. The Bertz CT molecular complexity index is 298. The minimum atomic E-state index is -1.24. The van der Waals surface area contributed by atoms with Gasteiger partial charge in [-0.3, -0.25) is 0 Å². The van der Waals surface area contributed by atoms with Crippen molar-refractivity contribution in [3.63, 3.8) is 0 Å². The maximum atomic E-state index is 12.3. The third-order valence-corrected chi connectivity index (χ3v) is 1.10. The van der Waals surface area contributed by atoms with E-state index in [9.17, 15) is 8.78 Å². The number of hydrogen-bond donors (Lipinski definition) is 1. The maximum Gasteiger partial charge on any atom is 0.249 e. The molecule has 0 spiro atoms. The van der Waals surface area contributed by atoms with E-state index >= 15 is 0 Å². The van der Waals surface area contributed by atoms with Crippen molar-refractivity contribution >= 4 is 5.76 Å². The summed E-state index contributed by atoms with van der Waals surface area (Å²) in [6.07, 6.45) is 0. The van der Waals surface area contributed by atoms with Gasteiger partial charge in [-0.2, -0.15) is 4.39 Å². The summed E-state index contributed by atoms with van der Waals surface area (Å²) in [6, 6.07) is 2.01. The van der Waals surface area contributed by atoms with E-state index in [2.05, 4.69) is 11.6 Å². The number of aliphatic hydroxyl groups excluding tert-OH is 1. The summed E-state index contributed by atoms with van der Waals surface area (Å²) in [5, 5.41) is 8.69. The zero-order valence-corrected chi connectivity index (χ0v) is 5.51. The molecule has 0 fully saturated rings. The molecule has 0 saturated carbocycles. The number of hydrogen-bond acceptors (Lipinski definition) is 2. The first-order valence-electron chi connectivity index (χ1n) is 2.81. The summed E-state index contributed by atoms with van der Waals surface area (Å²) in [7, 11) is 0. The molecule has 0 aliphatic rings. The van der Waals surface area contributed by atoms with Gasteiger partial charge in [0.15, 0.2) is 5.82 Å². The molecule has 0 aliphatic carbocycles. The highest BCUT2D eigenvalue weighted by molar-refractivity contribution is 5.51. The number of halogens is 2. The Labute approximate surface area is 61.8 Å². The Morgan fingerprint density at radius 1 is 1.45 bits per heavy atom. The molecule has 0 aliphatic heterocycles. The van der Waals surface area contributed by atoms with Crippen LogP contribution in [0.2, 0.25) is 0 Å². The smallest absolute Gasteiger partial charge is 0.249 e. The van der Waals surface area contributed by atoms with E-state index < -0.39 is 11.8 Å². The molecule has 1 rings (SSSR count). The van der Waals surface area contributed by atoms with E-state index in [1.807, 2.05) is 0 Å². The van der Waals surface area contributed by atoms with Gasteiger partial charge >= 0.3 is 0 Å². The lowest BCUT2D eigenvalue weighted by atomic mass is 10.3. The predicted octanol–water partition coefficient (Wildman–Crippen LogP) is 1.89. The van der Waals surface area contributed by atoms with Gasteiger partial charge in [0.1, 0.15) is 11.5 Å². The largest absolute Gasteiger partial charge is 0.506 e. The van der Waals surface area contributed by atoms with E-state index in [0.29, 0.717) is 0 Å². The molecule has 58 valence electrons. The van der Waals surface area contributed by atoms with Crippen molar-refractivity contribution in [1.82, 2.24) is 4.98 Å². The van der Waals surface area contributed by atoms with Gasteiger partial charge in [-0.25, -0.2) is 9.37 Å². The lowest BCUT2D eigenvalue weighted by Gasteiger charge is -1.96. The van der Waals surface area contributed by atoms with Crippen molar-refractivity contribution in [1.29, 1.82) is 0 Å². The Kier molecular flexibility index (Phi) is 1.85. The Morgan fingerprint density at radius 3 is 2.55 bits per heavy atom. The normalized spacial score (nSPS) is 9.64. The third-order valence-electron chi connectivity index (χ3n) is 1.10. The van der Waals surface area contributed by atoms with Crippen LogP contribution in [0.15, 0.2) is 18.7 Å². The second-order valence-electron chi connectivity index (χ2n) is 1.92. The van der Waals surface area contributed by atoms with Crippen LogP contribution in [0.25, 0.3) is 5.76 Å². The number of nitrogens with zero attached hydrogens (tertiary/aromatic N) is 1. The van der Waals surface area contributed by atoms with Crippen molar-refractivity contribution in [2.45, 2.75) is 0 Å². The standard InChI is InChI=1S/C7H5F2NO/c1-4(11)6-3-2-5(8)7(9)10-6/h2-3,11H,1H2. The summed E-state index contributed by atoms with van der Waals surface area (Å²) in [5.41, 5.74) is -0.0658. The van der Waals surface area contributed by atoms with Crippen LogP contribution in [-0.2, 0) is 0 Å². The number of aromatic nitrogens is 1. The van der Waals surface area contributed by atoms with E-state index in [4.69, 9.17) is 5.11 Å². The molecule has 0 saturated heterocycles. The van der Waals surface area contributed by atoms with Gasteiger partial charge in [0.2, 0.25) is 5.95 Å². The predicted molar refractivity (Wildman–Crippen MR) is 35.8 cm³/mol. The zero-order chi connectivity index (χ0) is 8.43. The summed E-state index contributed by atoms with van der Waals surface area (Å²) in [5.74, 6) is -2.67. The molecule has 0 amide bonds. The molecule has 0 atom stereocenters. The van der Waals surface area contributed by atoms with E-state index in [1.54, 1.807) is 0 Å². The first-order valence-corrected chi connectivity index (χ1v) is 2.81. The molecule has 1 N–H and O–H groups in total. The maximum absolute atomic E-state index is 12.3. The molecule has 1 aromatic rings. The highest BCUT2D eigenvalue weighted by atomic mass is 19.2. The van der Waals surface area contributed by atoms with Crippen molar-refractivity contribution < 1.29 is 13.9 Å². The first-order chi connectivity index (χ1) is 5.11. The third kappa shape index (κ3) is 1.52. The summed E-state index contributed by atoms with van der Waals surface area (Å²) < 4.78 is 24.5. The summed E-state index contributed by atoms with van der Waals surface area (Å²) >= 11 is 0. The molecule has 1 heterocycles. The first kappa shape index (κ1) is 7.65. The lowest BCUT2D eigenvalue weighted by Crippen LogP contribution is -1.93. The minimum absolute atomic E-state index is 0.0658. The van der Waals surface area contributed by atoms with Crippen molar-refractivity contribution in [3.8, 4) is 0 Å². The Morgan fingerprint density at radius 2 is 2.09 bits per heavy atom. The minimum Gasteiger partial charge on any atom is -0.506 e.